The average molecular weight is 410 g/mol. The van der Waals surface area contributed by atoms with E-state index in [0.717, 1.165) is 39.4 Å². The van der Waals surface area contributed by atoms with Crippen LogP contribution in [0.2, 0.25) is 0 Å². The summed E-state index contributed by atoms with van der Waals surface area (Å²) >= 11 is 5.17. The second-order valence-corrected chi connectivity index (χ2v) is 8.37. The fraction of sp³-hybridized carbons (Fsp3) is 0.389. The predicted molar refractivity (Wildman–Crippen MR) is 98.8 cm³/mol. The van der Waals surface area contributed by atoms with Crippen molar-refractivity contribution in [2.45, 2.75) is 31.3 Å². The van der Waals surface area contributed by atoms with Crippen LogP contribution in [0.25, 0.3) is 0 Å². The molecular formula is C18H20BrNO3S. The Labute approximate surface area is 154 Å². The number of halogens is 1. The summed E-state index contributed by atoms with van der Waals surface area (Å²) < 4.78 is 6.60. The second kappa shape index (κ2) is 7.68. The molecule has 1 aromatic carbocycles. The quantitative estimate of drug-likeness (QED) is 0.786. The number of carboxylic acids is 1. The second-order valence-electron chi connectivity index (χ2n) is 5.87. The molecule has 1 aliphatic heterocycles. The molecule has 1 aromatic heterocycles. The van der Waals surface area contributed by atoms with E-state index >= 15 is 0 Å². The van der Waals surface area contributed by atoms with Crippen LogP contribution in [0.15, 0.2) is 40.2 Å². The Morgan fingerprint density at radius 3 is 2.79 bits per heavy atom. The standard InChI is InChI=1S/C18H20BrNO3S/c1-23-14-8-3-2-6-12(14)17(15-9-10-16(19)24-15)20-11-5-4-7-13(20)18(21)22/h2-3,6,8-10,13,17H,4-5,7,11H2,1H3,(H,21,22). The molecule has 1 aliphatic rings. The van der Waals surface area contributed by atoms with Gasteiger partial charge >= 0.3 is 5.97 Å². The number of piperidine rings is 1. The van der Waals surface area contributed by atoms with Gasteiger partial charge in [0.2, 0.25) is 0 Å². The molecule has 2 unspecified atom stereocenters. The molecule has 3 rings (SSSR count). The van der Waals surface area contributed by atoms with Gasteiger partial charge in [-0.3, -0.25) is 9.69 Å². The van der Waals surface area contributed by atoms with Crippen molar-refractivity contribution in [2.75, 3.05) is 13.7 Å². The topological polar surface area (TPSA) is 49.8 Å². The van der Waals surface area contributed by atoms with Crippen molar-refractivity contribution in [3.63, 3.8) is 0 Å². The fourth-order valence-corrected chi connectivity index (χ4v) is 4.96. The summed E-state index contributed by atoms with van der Waals surface area (Å²) in [6, 6.07) is 11.4. The largest absolute Gasteiger partial charge is 0.496 e. The number of ether oxygens (including phenoxy) is 1. The molecule has 1 fully saturated rings. The van der Waals surface area contributed by atoms with Crippen molar-refractivity contribution in [3.05, 3.63) is 50.6 Å². The molecular weight excluding hydrogens is 390 g/mol. The number of methoxy groups -OCH3 is 1. The lowest BCUT2D eigenvalue weighted by Crippen LogP contribution is -2.46. The van der Waals surface area contributed by atoms with Gasteiger partial charge in [-0.1, -0.05) is 24.6 Å². The third kappa shape index (κ3) is 3.50. The number of thiophene rings is 1. The van der Waals surface area contributed by atoms with Crippen molar-refractivity contribution in [1.82, 2.24) is 4.90 Å². The smallest absolute Gasteiger partial charge is 0.320 e. The zero-order chi connectivity index (χ0) is 17.1. The van der Waals surface area contributed by atoms with E-state index in [1.165, 1.54) is 0 Å². The van der Waals surface area contributed by atoms with Gasteiger partial charge in [0.15, 0.2) is 0 Å². The minimum atomic E-state index is -0.745. The number of aliphatic carboxylic acids is 1. The number of carbonyl (C=O) groups is 1. The Morgan fingerprint density at radius 1 is 1.33 bits per heavy atom. The van der Waals surface area contributed by atoms with E-state index < -0.39 is 12.0 Å². The van der Waals surface area contributed by atoms with Crippen molar-refractivity contribution in [3.8, 4) is 5.75 Å². The van der Waals surface area contributed by atoms with Crippen LogP contribution in [0.3, 0.4) is 0 Å². The molecule has 1 N–H and O–H groups in total. The highest BCUT2D eigenvalue weighted by atomic mass is 79.9. The molecule has 2 atom stereocenters. The first kappa shape index (κ1) is 17.5. The lowest BCUT2D eigenvalue weighted by Gasteiger charge is -2.39. The number of hydrogen-bond donors (Lipinski definition) is 1. The predicted octanol–water partition coefficient (Wildman–Crippen LogP) is 4.55. The van der Waals surface area contributed by atoms with Crippen molar-refractivity contribution in [2.24, 2.45) is 0 Å². The van der Waals surface area contributed by atoms with E-state index in [-0.39, 0.29) is 6.04 Å². The Bertz CT molecular complexity index is 718. The number of carboxylic acid groups (broad SMARTS) is 1. The van der Waals surface area contributed by atoms with E-state index in [9.17, 15) is 9.90 Å². The zero-order valence-electron chi connectivity index (χ0n) is 13.4. The zero-order valence-corrected chi connectivity index (χ0v) is 15.8. The van der Waals surface area contributed by atoms with Crippen molar-refractivity contribution in [1.29, 1.82) is 0 Å². The summed E-state index contributed by atoms with van der Waals surface area (Å²) in [7, 11) is 1.66. The van der Waals surface area contributed by atoms with Gasteiger partial charge < -0.3 is 9.84 Å². The van der Waals surface area contributed by atoms with E-state index in [2.05, 4.69) is 26.9 Å². The van der Waals surface area contributed by atoms with E-state index in [0.29, 0.717) is 6.42 Å². The summed E-state index contributed by atoms with van der Waals surface area (Å²) in [5.41, 5.74) is 1.02. The molecule has 0 saturated carbocycles. The Morgan fingerprint density at radius 2 is 2.12 bits per heavy atom. The van der Waals surface area contributed by atoms with Crippen molar-refractivity contribution < 1.29 is 14.6 Å². The maximum absolute atomic E-state index is 11.8. The van der Waals surface area contributed by atoms with Crippen molar-refractivity contribution >= 4 is 33.2 Å². The van der Waals surface area contributed by atoms with E-state index in [1.54, 1.807) is 18.4 Å². The summed E-state index contributed by atoms with van der Waals surface area (Å²) in [5, 5.41) is 9.70. The summed E-state index contributed by atoms with van der Waals surface area (Å²) in [6.07, 6.45) is 2.66. The van der Waals surface area contributed by atoms with Gasteiger partial charge in [-0.05, 0) is 53.5 Å². The van der Waals surface area contributed by atoms with Crippen LogP contribution < -0.4 is 4.74 Å². The van der Waals surface area contributed by atoms with Gasteiger partial charge in [0.1, 0.15) is 11.8 Å². The van der Waals surface area contributed by atoms with Crippen LogP contribution >= 0.6 is 27.3 Å². The SMILES string of the molecule is COc1ccccc1C(c1ccc(Br)s1)N1CCCCC1C(=O)O. The third-order valence-electron chi connectivity index (χ3n) is 4.46. The number of nitrogens with zero attached hydrogens (tertiary/aromatic N) is 1. The maximum Gasteiger partial charge on any atom is 0.320 e. The van der Waals surface area contributed by atoms with Gasteiger partial charge in [0, 0.05) is 10.4 Å². The molecule has 4 nitrogen and oxygen atoms in total. The molecule has 0 aliphatic carbocycles. The minimum Gasteiger partial charge on any atom is -0.496 e. The molecule has 0 amide bonds. The lowest BCUT2D eigenvalue weighted by atomic mass is 9.95. The number of benzene rings is 1. The normalized spacial score (nSPS) is 19.8. The average Bonchev–Trinajstić information content (AvgIpc) is 3.02. The molecule has 24 heavy (non-hydrogen) atoms. The van der Waals surface area contributed by atoms with Crippen LogP contribution in [0.5, 0.6) is 5.75 Å². The van der Waals surface area contributed by atoms with E-state index in [4.69, 9.17) is 4.74 Å². The highest BCUT2D eigenvalue weighted by molar-refractivity contribution is 9.11. The maximum atomic E-state index is 11.8. The first-order valence-electron chi connectivity index (χ1n) is 7.98. The molecule has 0 spiro atoms. The van der Waals surface area contributed by atoms with E-state index in [1.807, 2.05) is 30.3 Å². The molecule has 0 bridgehead atoms. The monoisotopic (exact) mass is 409 g/mol. The summed E-state index contributed by atoms with van der Waals surface area (Å²) in [4.78, 5) is 15.1. The molecule has 128 valence electrons. The summed E-state index contributed by atoms with van der Waals surface area (Å²) in [6.45, 7) is 0.773. The van der Waals surface area contributed by atoms with Crippen LogP contribution in [0.4, 0.5) is 0 Å². The van der Waals surface area contributed by atoms with Gasteiger partial charge in [0.25, 0.3) is 0 Å². The van der Waals surface area contributed by atoms with Crippen LogP contribution in [0.1, 0.15) is 35.7 Å². The molecule has 0 radical (unpaired) electrons. The Kier molecular flexibility index (Phi) is 5.58. The van der Waals surface area contributed by atoms with Crippen LogP contribution in [-0.4, -0.2) is 35.7 Å². The number of rotatable bonds is 5. The number of para-hydroxylation sites is 1. The van der Waals surface area contributed by atoms with Gasteiger partial charge in [-0.15, -0.1) is 11.3 Å². The van der Waals surface area contributed by atoms with Gasteiger partial charge in [0.05, 0.1) is 16.9 Å². The molecule has 2 heterocycles. The first-order chi connectivity index (χ1) is 11.6. The highest BCUT2D eigenvalue weighted by Gasteiger charge is 2.36. The Balaban J connectivity index is 2.09. The summed E-state index contributed by atoms with van der Waals surface area (Å²) in [5.74, 6) is 0.0481. The first-order valence-corrected chi connectivity index (χ1v) is 9.59. The molecule has 1 saturated heterocycles. The van der Waals surface area contributed by atoms with Crippen LogP contribution in [-0.2, 0) is 4.79 Å². The fourth-order valence-electron chi connectivity index (χ4n) is 3.39. The van der Waals surface area contributed by atoms with Gasteiger partial charge in [-0.25, -0.2) is 0 Å². The third-order valence-corrected chi connectivity index (χ3v) is 6.13. The number of likely N-dealkylation sites (tertiary alicyclic amines) is 1. The Hall–Kier alpha value is -1.37. The molecule has 6 heteroatoms. The minimum absolute atomic E-state index is 0.112. The molecule has 2 aromatic rings. The van der Waals surface area contributed by atoms with Crippen LogP contribution in [0, 0.1) is 0 Å². The lowest BCUT2D eigenvalue weighted by molar-refractivity contribution is -0.145. The highest BCUT2D eigenvalue weighted by Crippen LogP contribution is 2.41. The van der Waals surface area contributed by atoms with Gasteiger partial charge in [-0.2, -0.15) is 0 Å². The number of hydrogen-bond acceptors (Lipinski definition) is 4.